The summed E-state index contributed by atoms with van der Waals surface area (Å²) in [5.74, 6) is -0.285. The van der Waals surface area contributed by atoms with Crippen molar-refractivity contribution < 1.29 is 17.7 Å². The van der Waals surface area contributed by atoms with Gasteiger partial charge in [0.1, 0.15) is 5.82 Å². The highest BCUT2D eigenvalue weighted by Gasteiger charge is 2.19. The summed E-state index contributed by atoms with van der Waals surface area (Å²) in [7, 11) is -3.97. The second-order valence-corrected chi connectivity index (χ2v) is 8.04. The van der Waals surface area contributed by atoms with E-state index in [1.807, 2.05) is 0 Å². The van der Waals surface area contributed by atoms with Crippen molar-refractivity contribution in [2.75, 3.05) is 4.72 Å². The average Bonchev–Trinajstić information content (AvgIpc) is 2.95. The van der Waals surface area contributed by atoms with Crippen LogP contribution in [-0.4, -0.2) is 23.1 Å². The van der Waals surface area contributed by atoms with E-state index < -0.39 is 14.9 Å². The summed E-state index contributed by atoms with van der Waals surface area (Å²) in [4.78, 5) is 9.92. The van der Waals surface area contributed by atoms with E-state index in [2.05, 4.69) is 25.8 Å². The van der Waals surface area contributed by atoms with E-state index >= 15 is 0 Å². The lowest BCUT2D eigenvalue weighted by Gasteiger charge is -2.06. The van der Waals surface area contributed by atoms with Crippen molar-refractivity contribution in [1.82, 2.24) is 9.78 Å². The number of hydrogen-bond donors (Lipinski definition) is 1. The van der Waals surface area contributed by atoms with Crippen LogP contribution in [0.1, 0.15) is 5.56 Å². The number of nitrogens with zero attached hydrogens (tertiary/aromatic N) is 3. The number of sulfonamides is 1. The summed E-state index contributed by atoms with van der Waals surface area (Å²) in [6, 6.07) is 10.4. The molecule has 0 aliphatic heterocycles. The molecule has 3 rings (SSSR count). The number of nitro benzene ring substituents is 1. The predicted octanol–water partition coefficient (Wildman–Crippen LogP) is 3.54. The molecule has 1 aromatic heterocycles. The van der Waals surface area contributed by atoms with Gasteiger partial charge in [0.15, 0.2) is 5.82 Å². The standard InChI is InChI=1S/C16H12BrFN4O4S/c17-15-10-21(9-11-1-3-12(18)4-2-11)19-16(15)20-27(25,26)14-7-5-13(6-8-14)22(23)24/h1-8,10H,9H2,(H,19,20). The highest BCUT2D eigenvalue weighted by atomic mass is 79.9. The molecule has 8 nitrogen and oxygen atoms in total. The molecule has 0 bridgehead atoms. The summed E-state index contributed by atoms with van der Waals surface area (Å²) in [5.41, 5.74) is 0.579. The molecule has 27 heavy (non-hydrogen) atoms. The van der Waals surface area contributed by atoms with E-state index in [0.717, 1.165) is 29.8 Å². The van der Waals surface area contributed by atoms with Crippen LogP contribution in [0.15, 0.2) is 64.1 Å². The number of nitrogens with one attached hydrogen (secondary N) is 1. The van der Waals surface area contributed by atoms with Crippen LogP contribution in [0, 0.1) is 15.9 Å². The maximum atomic E-state index is 13.0. The van der Waals surface area contributed by atoms with Crippen molar-refractivity contribution in [1.29, 1.82) is 0 Å². The molecule has 11 heteroatoms. The van der Waals surface area contributed by atoms with Gasteiger partial charge in [-0.25, -0.2) is 12.8 Å². The van der Waals surface area contributed by atoms with E-state index in [4.69, 9.17) is 0 Å². The van der Waals surface area contributed by atoms with Crippen molar-refractivity contribution >= 4 is 37.5 Å². The molecule has 2 aromatic carbocycles. The molecule has 0 unspecified atom stereocenters. The van der Waals surface area contributed by atoms with E-state index in [1.54, 1.807) is 18.3 Å². The third kappa shape index (κ3) is 4.49. The maximum absolute atomic E-state index is 13.0. The van der Waals surface area contributed by atoms with Crippen LogP contribution >= 0.6 is 15.9 Å². The number of benzene rings is 2. The Morgan fingerprint density at radius 1 is 1.15 bits per heavy atom. The van der Waals surface area contributed by atoms with E-state index in [0.29, 0.717) is 11.0 Å². The number of rotatable bonds is 6. The Morgan fingerprint density at radius 2 is 1.78 bits per heavy atom. The third-order valence-corrected chi connectivity index (χ3v) is 5.50. The van der Waals surface area contributed by atoms with Gasteiger partial charge in [-0.2, -0.15) is 5.10 Å². The lowest BCUT2D eigenvalue weighted by molar-refractivity contribution is -0.384. The zero-order valence-corrected chi connectivity index (χ0v) is 15.9. The number of aromatic nitrogens is 2. The molecule has 1 heterocycles. The summed E-state index contributed by atoms with van der Waals surface area (Å²) >= 11 is 3.24. The minimum absolute atomic E-state index is 0.0652. The Labute approximate surface area is 162 Å². The number of hydrogen-bond acceptors (Lipinski definition) is 5. The second kappa shape index (κ2) is 7.45. The fourth-order valence-corrected chi connectivity index (χ4v) is 3.82. The third-order valence-electron chi connectivity index (χ3n) is 3.56. The largest absolute Gasteiger partial charge is 0.269 e. The van der Waals surface area contributed by atoms with Crippen LogP contribution in [0.3, 0.4) is 0 Å². The lowest BCUT2D eigenvalue weighted by atomic mass is 10.2. The van der Waals surface area contributed by atoms with Gasteiger partial charge in [-0.1, -0.05) is 12.1 Å². The van der Waals surface area contributed by atoms with Crippen LogP contribution in [0.25, 0.3) is 0 Å². The van der Waals surface area contributed by atoms with Crippen LogP contribution in [0.4, 0.5) is 15.9 Å². The topological polar surface area (TPSA) is 107 Å². The van der Waals surface area contributed by atoms with Crippen LogP contribution in [-0.2, 0) is 16.6 Å². The first-order chi connectivity index (χ1) is 12.7. The zero-order valence-electron chi connectivity index (χ0n) is 13.5. The molecule has 0 radical (unpaired) electrons. The molecule has 0 saturated heterocycles. The summed E-state index contributed by atoms with van der Waals surface area (Å²) < 4.78 is 42.1. The van der Waals surface area contributed by atoms with Gasteiger partial charge in [0.2, 0.25) is 0 Å². The summed E-state index contributed by atoms with van der Waals surface area (Å²) in [5, 5.41) is 14.8. The van der Waals surface area contributed by atoms with Crippen molar-refractivity contribution in [3.8, 4) is 0 Å². The number of non-ortho nitro benzene ring substituents is 1. The van der Waals surface area contributed by atoms with Crippen molar-refractivity contribution in [3.63, 3.8) is 0 Å². The van der Waals surface area contributed by atoms with E-state index in [-0.39, 0.29) is 22.2 Å². The molecule has 0 saturated carbocycles. The molecule has 0 spiro atoms. The SMILES string of the molecule is O=[N+]([O-])c1ccc(S(=O)(=O)Nc2nn(Cc3ccc(F)cc3)cc2Br)cc1. The zero-order chi connectivity index (χ0) is 19.6. The van der Waals surface area contributed by atoms with Crippen LogP contribution < -0.4 is 4.72 Å². The Balaban J connectivity index is 1.79. The summed E-state index contributed by atoms with van der Waals surface area (Å²) in [6.07, 6.45) is 1.58. The molecule has 0 aliphatic rings. The molecule has 0 fully saturated rings. The minimum atomic E-state index is -3.97. The fourth-order valence-electron chi connectivity index (χ4n) is 2.26. The Morgan fingerprint density at radius 3 is 2.37 bits per heavy atom. The highest BCUT2D eigenvalue weighted by molar-refractivity contribution is 9.10. The second-order valence-electron chi connectivity index (χ2n) is 5.51. The van der Waals surface area contributed by atoms with Gasteiger partial charge < -0.3 is 0 Å². The smallest absolute Gasteiger partial charge is 0.265 e. The highest BCUT2D eigenvalue weighted by Crippen LogP contribution is 2.24. The Bertz CT molecular complexity index is 1080. The number of nitro groups is 1. The van der Waals surface area contributed by atoms with E-state index in [9.17, 15) is 22.9 Å². The molecule has 0 amide bonds. The fraction of sp³-hybridized carbons (Fsp3) is 0.0625. The molecular weight excluding hydrogens is 443 g/mol. The minimum Gasteiger partial charge on any atom is -0.265 e. The van der Waals surface area contributed by atoms with E-state index in [1.165, 1.54) is 16.8 Å². The normalized spacial score (nSPS) is 11.3. The first-order valence-electron chi connectivity index (χ1n) is 7.49. The predicted molar refractivity (Wildman–Crippen MR) is 99.3 cm³/mol. The van der Waals surface area contributed by atoms with Crippen molar-refractivity contribution in [2.45, 2.75) is 11.4 Å². The van der Waals surface area contributed by atoms with Gasteiger partial charge in [0.25, 0.3) is 15.7 Å². The van der Waals surface area contributed by atoms with Crippen molar-refractivity contribution in [2.24, 2.45) is 0 Å². The quantitative estimate of drug-likeness (QED) is 0.452. The first kappa shape index (κ1) is 19.0. The maximum Gasteiger partial charge on any atom is 0.269 e. The van der Waals surface area contributed by atoms with Crippen LogP contribution in [0.2, 0.25) is 0 Å². The number of anilines is 1. The first-order valence-corrected chi connectivity index (χ1v) is 9.77. The van der Waals surface area contributed by atoms with Gasteiger partial charge >= 0.3 is 0 Å². The molecule has 0 aliphatic carbocycles. The monoisotopic (exact) mass is 454 g/mol. The Hall–Kier alpha value is -2.79. The summed E-state index contributed by atoms with van der Waals surface area (Å²) in [6.45, 7) is 0.318. The molecule has 3 aromatic rings. The van der Waals surface area contributed by atoms with Gasteiger partial charge in [-0.15, -0.1) is 0 Å². The lowest BCUT2D eigenvalue weighted by Crippen LogP contribution is -2.14. The Kier molecular flexibility index (Phi) is 5.24. The van der Waals surface area contributed by atoms with Gasteiger partial charge in [0, 0.05) is 18.3 Å². The molecule has 140 valence electrons. The molecule has 0 atom stereocenters. The van der Waals surface area contributed by atoms with Crippen molar-refractivity contribution in [3.05, 3.63) is 80.7 Å². The van der Waals surface area contributed by atoms with Gasteiger partial charge in [-0.3, -0.25) is 19.5 Å². The molecule has 1 N–H and O–H groups in total. The molecular formula is C16H12BrFN4O4S. The van der Waals surface area contributed by atoms with Gasteiger partial charge in [0.05, 0.1) is 20.8 Å². The van der Waals surface area contributed by atoms with Crippen LogP contribution in [0.5, 0.6) is 0 Å². The number of halogens is 2. The average molecular weight is 455 g/mol. The van der Waals surface area contributed by atoms with Gasteiger partial charge in [-0.05, 0) is 45.8 Å².